The Kier molecular flexibility index (Phi) is 6.40. The number of hydrogen-bond acceptors (Lipinski definition) is 5. The highest BCUT2D eigenvalue weighted by Crippen LogP contribution is 2.29. The van der Waals surface area contributed by atoms with Crippen molar-refractivity contribution < 1.29 is 27.2 Å². The third-order valence-electron chi connectivity index (χ3n) is 4.63. The Morgan fingerprint density at radius 3 is 2.48 bits per heavy atom. The molecule has 0 unspecified atom stereocenters. The van der Waals surface area contributed by atoms with Gasteiger partial charge in [-0.2, -0.15) is 13.2 Å². The first-order chi connectivity index (χ1) is 13.8. The van der Waals surface area contributed by atoms with E-state index in [4.69, 9.17) is 4.42 Å². The summed E-state index contributed by atoms with van der Waals surface area (Å²) in [4.78, 5) is 31.5. The average molecular weight is 410 g/mol. The molecule has 3 rings (SSSR count). The Balaban J connectivity index is 1.38. The number of furan rings is 1. The summed E-state index contributed by atoms with van der Waals surface area (Å²) in [5, 5.41) is 2.69. The predicted molar refractivity (Wildman–Crippen MR) is 98.3 cm³/mol. The minimum atomic E-state index is -4.41. The first-order valence-electron chi connectivity index (χ1n) is 9.22. The van der Waals surface area contributed by atoms with Crippen molar-refractivity contribution in [3.8, 4) is 0 Å². The summed E-state index contributed by atoms with van der Waals surface area (Å²) >= 11 is 0. The van der Waals surface area contributed by atoms with Crippen molar-refractivity contribution in [3.05, 3.63) is 48.0 Å². The zero-order valence-corrected chi connectivity index (χ0v) is 15.6. The summed E-state index contributed by atoms with van der Waals surface area (Å²) in [5.41, 5.74) is -0.783. The number of aromatic nitrogens is 1. The number of nitrogens with one attached hydrogen (secondary N) is 1. The van der Waals surface area contributed by atoms with Gasteiger partial charge in [0.25, 0.3) is 5.91 Å². The molecule has 2 amide bonds. The van der Waals surface area contributed by atoms with Gasteiger partial charge in [-0.05, 0) is 30.7 Å². The second kappa shape index (κ2) is 8.97. The van der Waals surface area contributed by atoms with E-state index < -0.39 is 11.7 Å². The number of halogens is 3. The Labute approximate surface area is 165 Å². The standard InChI is InChI=1S/C19H21F3N4O3/c20-19(21,22)14-5-6-16(24-13-14)25-8-10-26(11-9-25)17(27)4-1-7-23-18(28)15-3-2-12-29-15/h2-3,5-6,12-13H,1,4,7-11H2,(H,23,28). The zero-order chi connectivity index (χ0) is 20.9. The Bertz CT molecular complexity index is 814. The van der Waals surface area contributed by atoms with Gasteiger partial charge < -0.3 is 19.5 Å². The van der Waals surface area contributed by atoms with Crippen LogP contribution in [0.4, 0.5) is 19.0 Å². The van der Waals surface area contributed by atoms with Gasteiger partial charge in [0.2, 0.25) is 5.91 Å². The van der Waals surface area contributed by atoms with Gasteiger partial charge in [-0.1, -0.05) is 0 Å². The minimum Gasteiger partial charge on any atom is -0.459 e. The molecular weight excluding hydrogens is 389 g/mol. The van der Waals surface area contributed by atoms with Crippen LogP contribution in [-0.4, -0.2) is 54.4 Å². The highest BCUT2D eigenvalue weighted by molar-refractivity contribution is 5.91. The maximum absolute atomic E-state index is 12.6. The van der Waals surface area contributed by atoms with Crippen LogP contribution >= 0.6 is 0 Å². The van der Waals surface area contributed by atoms with E-state index in [-0.39, 0.29) is 17.6 Å². The SMILES string of the molecule is O=C(NCCCC(=O)N1CCN(c2ccc(C(F)(F)F)cn2)CC1)c1ccco1. The maximum atomic E-state index is 12.6. The van der Waals surface area contributed by atoms with Crippen molar-refractivity contribution in [1.82, 2.24) is 15.2 Å². The van der Waals surface area contributed by atoms with Gasteiger partial charge in [0.15, 0.2) is 5.76 Å². The van der Waals surface area contributed by atoms with Crippen LogP contribution in [0.2, 0.25) is 0 Å². The molecule has 0 aromatic carbocycles. The van der Waals surface area contributed by atoms with Gasteiger partial charge in [-0.15, -0.1) is 0 Å². The number of rotatable bonds is 6. The van der Waals surface area contributed by atoms with Crippen molar-refractivity contribution in [3.63, 3.8) is 0 Å². The van der Waals surface area contributed by atoms with E-state index in [2.05, 4.69) is 10.3 Å². The number of hydrogen-bond donors (Lipinski definition) is 1. The molecule has 0 atom stereocenters. The Morgan fingerprint density at radius 1 is 1.14 bits per heavy atom. The molecule has 29 heavy (non-hydrogen) atoms. The number of carbonyl (C=O) groups is 2. The largest absolute Gasteiger partial charge is 0.459 e. The average Bonchev–Trinajstić information content (AvgIpc) is 3.25. The van der Waals surface area contributed by atoms with Gasteiger partial charge in [-0.3, -0.25) is 9.59 Å². The fourth-order valence-corrected chi connectivity index (χ4v) is 3.02. The third-order valence-corrected chi connectivity index (χ3v) is 4.63. The molecule has 1 aliphatic heterocycles. The fraction of sp³-hybridized carbons (Fsp3) is 0.421. The van der Waals surface area contributed by atoms with Crippen LogP contribution < -0.4 is 10.2 Å². The number of piperazine rings is 1. The van der Waals surface area contributed by atoms with Crippen molar-refractivity contribution in [2.45, 2.75) is 19.0 Å². The molecule has 0 bridgehead atoms. The summed E-state index contributed by atoms with van der Waals surface area (Å²) < 4.78 is 42.8. The number of pyridine rings is 1. The molecule has 1 N–H and O–H groups in total. The number of amides is 2. The molecule has 3 heterocycles. The van der Waals surface area contributed by atoms with Crippen LogP contribution in [0.1, 0.15) is 29.0 Å². The van der Waals surface area contributed by atoms with Crippen LogP contribution in [0.3, 0.4) is 0 Å². The smallest absolute Gasteiger partial charge is 0.417 e. The molecule has 7 nitrogen and oxygen atoms in total. The van der Waals surface area contributed by atoms with E-state index in [0.29, 0.717) is 51.4 Å². The van der Waals surface area contributed by atoms with Crippen LogP contribution in [0.5, 0.6) is 0 Å². The van der Waals surface area contributed by atoms with Gasteiger partial charge in [0.1, 0.15) is 5.82 Å². The molecule has 0 aliphatic carbocycles. The minimum absolute atomic E-state index is 0.0164. The quantitative estimate of drug-likeness (QED) is 0.741. The first-order valence-corrected chi connectivity index (χ1v) is 9.22. The van der Waals surface area contributed by atoms with Crippen LogP contribution in [0.15, 0.2) is 41.1 Å². The van der Waals surface area contributed by atoms with Gasteiger partial charge >= 0.3 is 6.18 Å². The lowest BCUT2D eigenvalue weighted by atomic mass is 10.2. The summed E-state index contributed by atoms with van der Waals surface area (Å²) in [5.74, 6) is 0.354. The van der Waals surface area contributed by atoms with Crippen LogP contribution in [0.25, 0.3) is 0 Å². The monoisotopic (exact) mass is 410 g/mol. The Hall–Kier alpha value is -3.04. The first kappa shape index (κ1) is 20.7. The lowest BCUT2D eigenvalue weighted by Gasteiger charge is -2.35. The molecule has 2 aromatic rings. The number of nitrogens with zero attached hydrogens (tertiary/aromatic N) is 3. The lowest BCUT2D eigenvalue weighted by molar-refractivity contribution is -0.137. The van der Waals surface area contributed by atoms with Crippen LogP contribution in [0, 0.1) is 0 Å². The Morgan fingerprint density at radius 2 is 1.90 bits per heavy atom. The molecule has 0 radical (unpaired) electrons. The van der Waals surface area contributed by atoms with E-state index in [1.54, 1.807) is 17.0 Å². The topological polar surface area (TPSA) is 78.7 Å². The number of anilines is 1. The zero-order valence-electron chi connectivity index (χ0n) is 15.6. The second-order valence-electron chi connectivity index (χ2n) is 6.61. The molecule has 1 saturated heterocycles. The molecule has 10 heteroatoms. The van der Waals surface area contributed by atoms with Crippen molar-refractivity contribution in [1.29, 1.82) is 0 Å². The molecule has 2 aromatic heterocycles. The highest BCUT2D eigenvalue weighted by atomic mass is 19.4. The van der Waals surface area contributed by atoms with E-state index >= 15 is 0 Å². The van der Waals surface area contributed by atoms with E-state index in [9.17, 15) is 22.8 Å². The van der Waals surface area contributed by atoms with Crippen molar-refractivity contribution in [2.24, 2.45) is 0 Å². The number of carbonyl (C=O) groups excluding carboxylic acids is 2. The molecule has 1 fully saturated rings. The van der Waals surface area contributed by atoms with E-state index in [1.807, 2.05) is 4.90 Å². The highest BCUT2D eigenvalue weighted by Gasteiger charge is 2.31. The van der Waals surface area contributed by atoms with E-state index in [0.717, 1.165) is 12.3 Å². The number of alkyl halides is 3. The van der Waals surface area contributed by atoms with Crippen molar-refractivity contribution in [2.75, 3.05) is 37.6 Å². The molecular formula is C19H21F3N4O3. The normalized spacial score (nSPS) is 14.7. The molecule has 0 saturated carbocycles. The van der Waals surface area contributed by atoms with E-state index in [1.165, 1.54) is 12.3 Å². The van der Waals surface area contributed by atoms with Crippen molar-refractivity contribution >= 4 is 17.6 Å². The third kappa shape index (κ3) is 5.49. The van der Waals surface area contributed by atoms with Gasteiger partial charge in [-0.25, -0.2) is 4.98 Å². The summed E-state index contributed by atoms with van der Waals surface area (Å²) in [7, 11) is 0. The maximum Gasteiger partial charge on any atom is 0.417 e. The van der Waals surface area contributed by atoms with Gasteiger partial charge in [0.05, 0.1) is 11.8 Å². The second-order valence-corrected chi connectivity index (χ2v) is 6.61. The van der Waals surface area contributed by atoms with Gasteiger partial charge in [0, 0.05) is 45.3 Å². The molecule has 0 spiro atoms. The predicted octanol–water partition coefficient (Wildman–Crippen LogP) is 2.55. The lowest BCUT2D eigenvalue weighted by Crippen LogP contribution is -2.49. The van der Waals surface area contributed by atoms with Crippen LogP contribution in [-0.2, 0) is 11.0 Å². The summed E-state index contributed by atoms with van der Waals surface area (Å²) in [6.07, 6.45) is -1.36. The molecule has 156 valence electrons. The molecule has 1 aliphatic rings. The summed E-state index contributed by atoms with van der Waals surface area (Å²) in [6.45, 7) is 2.31. The fourth-order valence-electron chi connectivity index (χ4n) is 3.02. The summed E-state index contributed by atoms with van der Waals surface area (Å²) in [6, 6.07) is 5.54.